The van der Waals surface area contributed by atoms with Crippen molar-refractivity contribution in [3.05, 3.63) is 29.8 Å². The summed E-state index contributed by atoms with van der Waals surface area (Å²) in [6.07, 6.45) is 3.28. The molecule has 0 saturated heterocycles. The van der Waals surface area contributed by atoms with Crippen LogP contribution in [0.3, 0.4) is 0 Å². The van der Waals surface area contributed by atoms with E-state index in [0.717, 1.165) is 19.3 Å². The van der Waals surface area contributed by atoms with Crippen molar-refractivity contribution in [3.63, 3.8) is 0 Å². The molecule has 1 saturated carbocycles. The van der Waals surface area contributed by atoms with Gasteiger partial charge in [0.25, 0.3) is 0 Å². The Kier molecular flexibility index (Phi) is 2.39. The molecule has 0 radical (unpaired) electrons. The summed E-state index contributed by atoms with van der Waals surface area (Å²) in [6.45, 7) is 0. The van der Waals surface area contributed by atoms with Crippen LogP contribution in [-0.2, 0) is 4.74 Å². The summed E-state index contributed by atoms with van der Waals surface area (Å²) in [5, 5.41) is 0. The average molecular weight is 191 g/mol. The highest BCUT2D eigenvalue weighted by molar-refractivity contribution is 5.90. The number of esters is 1. The third kappa shape index (κ3) is 1.87. The largest absolute Gasteiger partial charge is 0.459 e. The zero-order valence-corrected chi connectivity index (χ0v) is 7.90. The van der Waals surface area contributed by atoms with Crippen LogP contribution in [0, 0.1) is 0 Å². The molecule has 0 unspecified atom stereocenters. The minimum atomic E-state index is -0.262. The quantitative estimate of drug-likeness (QED) is 0.574. The SMILES string of the molecule is Nc1cccc(C(=O)OC2CCC2)c1. The Balaban J connectivity index is 2.02. The van der Waals surface area contributed by atoms with Crippen molar-refractivity contribution in [3.8, 4) is 0 Å². The number of carbonyl (C=O) groups excluding carboxylic acids is 1. The summed E-state index contributed by atoms with van der Waals surface area (Å²) in [6, 6.07) is 6.87. The van der Waals surface area contributed by atoms with Crippen molar-refractivity contribution in [1.82, 2.24) is 0 Å². The number of hydrogen-bond donors (Lipinski definition) is 1. The van der Waals surface area contributed by atoms with E-state index in [-0.39, 0.29) is 12.1 Å². The summed E-state index contributed by atoms with van der Waals surface area (Å²) < 4.78 is 5.23. The summed E-state index contributed by atoms with van der Waals surface area (Å²) in [5.74, 6) is -0.262. The minimum absolute atomic E-state index is 0.129. The molecule has 1 fully saturated rings. The first kappa shape index (κ1) is 9.06. The zero-order chi connectivity index (χ0) is 9.97. The molecular weight excluding hydrogens is 178 g/mol. The highest BCUT2D eigenvalue weighted by Gasteiger charge is 2.22. The number of hydrogen-bond acceptors (Lipinski definition) is 3. The molecule has 0 spiro atoms. The van der Waals surface area contributed by atoms with Crippen LogP contribution in [0.15, 0.2) is 24.3 Å². The Morgan fingerprint density at radius 2 is 2.21 bits per heavy atom. The Morgan fingerprint density at radius 1 is 1.43 bits per heavy atom. The highest BCUT2D eigenvalue weighted by Crippen LogP contribution is 2.23. The maximum atomic E-state index is 11.5. The van der Waals surface area contributed by atoms with E-state index < -0.39 is 0 Å². The Hall–Kier alpha value is -1.51. The molecule has 1 aliphatic rings. The number of nitrogens with two attached hydrogens (primary N) is 1. The van der Waals surface area contributed by atoms with Crippen molar-refractivity contribution >= 4 is 11.7 Å². The molecule has 0 bridgehead atoms. The van der Waals surface area contributed by atoms with Crippen LogP contribution < -0.4 is 5.73 Å². The van der Waals surface area contributed by atoms with Gasteiger partial charge in [-0.15, -0.1) is 0 Å². The number of ether oxygens (including phenoxy) is 1. The fraction of sp³-hybridized carbons (Fsp3) is 0.364. The first-order valence-electron chi connectivity index (χ1n) is 4.82. The van der Waals surface area contributed by atoms with Crippen molar-refractivity contribution in [1.29, 1.82) is 0 Å². The third-order valence-corrected chi connectivity index (χ3v) is 2.45. The Morgan fingerprint density at radius 3 is 2.79 bits per heavy atom. The molecule has 3 nitrogen and oxygen atoms in total. The van der Waals surface area contributed by atoms with Gasteiger partial charge in [-0.2, -0.15) is 0 Å². The molecule has 2 rings (SSSR count). The summed E-state index contributed by atoms with van der Waals surface area (Å²) >= 11 is 0. The lowest BCUT2D eigenvalue weighted by Gasteiger charge is -2.25. The smallest absolute Gasteiger partial charge is 0.338 e. The van der Waals surface area contributed by atoms with E-state index in [1.807, 2.05) is 0 Å². The van der Waals surface area contributed by atoms with Gasteiger partial charge in [-0.25, -0.2) is 4.79 Å². The molecule has 1 aromatic carbocycles. The molecule has 14 heavy (non-hydrogen) atoms. The molecule has 1 aromatic rings. The predicted molar refractivity (Wildman–Crippen MR) is 53.9 cm³/mol. The number of nitrogen functional groups attached to an aromatic ring is 1. The van der Waals surface area contributed by atoms with Crippen molar-refractivity contribution in [2.45, 2.75) is 25.4 Å². The Bertz CT molecular complexity index is 345. The van der Waals surface area contributed by atoms with E-state index in [0.29, 0.717) is 11.3 Å². The number of rotatable bonds is 2. The van der Waals surface area contributed by atoms with Crippen molar-refractivity contribution in [2.75, 3.05) is 5.73 Å². The second-order valence-electron chi connectivity index (χ2n) is 3.58. The van der Waals surface area contributed by atoms with Gasteiger partial charge in [0.1, 0.15) is 6.10 Å². The maximum absolute atomic E-state index is 11.5. The maximum Gasteiger partial charge on any atom is 0.338 e. The van der Waals surface area contributed by atoms with Gasteiger partial charge in [-0.3, -0.25) is 0 Å². The summed E-state index contributed by atoms with van der Waals surface area (Å²) in [4.78, 5) is 11.5. The predicted octanol–water partition coefficient (Wildman–Crippen LogP) is 1.98. The fourth-order valence-electron chi connectivity index (χ4n) is 1.37. The molecule has 0 heterocycles. The van der Waals surface area contributed by atoms with Gasteiger partial charge in [-0.1, -0.05) is 6.07 Å². The van der Waals surface area contributed by atoms with Crippen LogP contribution in [-0.4, -0.2) is 12.1 Å². The van der Waals surface area contributed by atoms with E-state index in [9.17, 15) is 4.79 Å². The molecule has 1 aliphatic carbocycles. The molecule has 0 amide bonds. The first-order chi connectivity index (χ1) is 6.75. The third-order valence-electron chi connectivity index (χ3n) is 2.45. The molecular formula is C11H13NO2. The molecule has 0 aliphatic heterocycles. The van der Waals surface area contributed by atoms with Crippen LogP contribution in [0.25, 0.3) is 0 Å². The normalized spacial score (nSPS) is 16.0. The van der Waals surface area contributed by atoms with Gasteiger partial charge in [0, 0.05) is 5.69 Å². The van der Waals surface area contributed by atoms with Crippen LogP contribution in [0.5, 0.6) is 0 Å². The van der Waals surface area contributed by atoms with Gasteiger partial charge in [0.15, 0.2) is 0 Å². The standard InChI is InChI=1S/C11H13NO2/c12-9-4-1-3-8(7-9)11(13)14-10-5-2-6-10/h1,3-4,7,10H,2,5-6,12H2. The zero-order valence-electron chi connectivity index (χ0n) is 7.90. The summed E-state index contributed by atoms with van der Waals surface area (Å²) in [7, 11) is 0. The molecule has 74 valence electrons. The van der Waals surface area contributed by atoms with E-state index in [4.69, 9.17) is 10.5 Å². The second-order valence-corrected chi connectivity index (χ2v) is 3.58. The van der Waals surface area contributed by atoms with Crippen LogP contribution in [0.1, 0.15) is 29.6 Å². The summed E-state index contributed by atoms with van der Waals surface area (Å²) in [5.41, 5.74) is 6.70. The van der Waals surface area contributed by atoms with Crippen LogP contribution in [0.2, 0.25) is 0 Å². The second kappa shape index (κ2) is 3.70. The fourth-order valence-corrected chi connectivity index (χ4v) is 1.37. The van der Waals surface area contributed by atoms with E-state index in [2.05, 4.69) is 0 Å². The molecule has 2 N–H and O–H groups in total. The van der Waals surface area contributed by atoms with E-state index >= 15 is 0 Å². The van der Waals surface area contributed by atoms with Gasteiger partial charge < -0.3 is 10.5 Å². The van der Waals surface area contributed by atoms with Crippen molar-refractivity contribution in [2.24, 2.45) is 0 Å². The molecule has 3 heteroatoms. The van der Waals surface area contributed by atoms with Crippen LogP contribution >= 0.6 is 0 Å². The van der Waals surface area contributed by atoms with Crippen molar-refractivity contribution < 1.29 is 9.53 Å². The lowest BCUT2D eigenvalue weighted by molar-refractivity contribution is 0.00901. The van der Waals surface area contributed by atoms with Gasteiger partial charge >= 0.3 is 5.97 Å². The molecule has 0 aromatic heterocycles. The Labute approximate surface area is 82.9 Å². The van der Waals surface area contributed by atoms with Crippen LogP contribution in [0.4, 0.5) is 5.69 Å². The lowest BCUT2D eigenvalue weighted by Crippen LogP contribution is -2.25. The monoisotopic (exact) mass is 191 g/mol. The minimum Gasteiger partial charge on any atom is -0.459 e. The van der Waals surface area contributed by atoms with E-state index in [1.54, 1.807) is 24.3 Å². The van der Waals surface area contributed by atoms with E-state index in [1.165, 1.54) is 0 Å². The van der Waals surface area contributed by atoms with Gasteiger partial charge in [0.05, 0.1) is 5.56 Å². The number of benzene rings is 1. The molecule has 0 atom stereocenters. The topological polar surface area (TPSA) is 52.3 Å². The number of carbonyl (C=O) groups is 1. The lowest BCUT2D eigenvalue weighted by atomic mass is 9.96. The average Bonchev–Trinajstić information content (AvgIpc) is 2.11. The highest BCUT2D eigenvalue weighted by atomic mass is 16.5. The van der Waals surface area contributed by atoms with Gasteiger partial charge in [0.2, 0.25) is 0 Å². The first-order valence-corrected chi connectivity index (χ1v) is 4.82. The van der Waals surface area contributed by atoms with Gasteiger partial charge in [-0.05, 0) is 37.5 Å². The number of anilines is 1.